The molecule has 4 aromatic rings. The number of hydrogen-bond donors (Lipinski definition) is 1. The second-order valence-electron chi connectivity index (χ2n) is 10.2. The minimum atomic E-state index is -0.0774. The standard InChI is InChI=1S/C33H40ClN3O2/c1-3-25(2)26-17-19-29(20-18-26)39-23-10-9-22-37-31-15-7-6-14-30(31)36-32(37)16-5-4-8-21-35-33(38)27-12-11-13-28(34)24-27/h6-7,11-15,17-20,24-25H,3-5,8-10,16,21-23H2,1-2H3,(H,35,38). The lowest BCUT2D eigenvalue weighted by atomic mass is 9.99. The maximum absolute atomic E-state index is 12.3. The van der Waals surface area contributed by atoms with Crippen LogP contribution in [0.15, 0.2) is 72.8 Å². The fourth-order valence-electron chi connectivity index (χ4n) is 4.77. The summed E-state index contributed by atoms with van der Waals surface area (Å²) >= 11 is 5.99. The average molecular weight is 546 g/mol. The number of aryl methyl sites for hydroxylation is 2. The molecule has 206 valence electrons. The van der Waals surface area contributed by atoms with Gasteiger partial charge in [0.2, 0.25) is 0 Å². The molecule has 1 heterocycles. The van der Waals surface area contributed by atoms with Crippen molar-refractivity contribution in [3.05, 3.63) is 94.8 Å². The molecule has 39 heavy (non-hydrogen) atoms. The molecule has 0 saturated heterocycles. The van der Waals surface area contributed by atoms with E-state index in [-0.39, 0.29) is 5.91 Å². The molecule has 5 nitrogen and oxygen atoms in total. The van der Waals surface area contributed by atoms with Gasteiger partial charge in [0.05, 0.1) is 17.6 Å². The number of halogens is 1. The molecule has 1 aromatic heterocycles. The van der Waals surface area contributed by atoms with E-state index >= 15 is 0 Å². The van der Waals surface area contributed by atoms with Gasteiger partial charge in [0.1, 0.15) is 11.6 Å². The molecule has 6 heteroatoms. The van der Waals surface area contributed by atoms with Crippen LogP contribution in [0.2, 0.25) is 5.02 Å². The Bertz CT molecular complexity index is 1330. The molecular weight excluding hydrogens is 506 g/mol. The van der Waals surface area contributed by atoms with Crippen LogP contribution in [-0.4, -0.2) is 28.6 Å². The molecule has 0 aliphatic carbocycles. The first-order chi connectivity index (χ1) is 19.0. The number of nitrogens with zero attached hydrogens (tertiary/aromatic N) is 2. The molecule has 1 atom stereocenters. The third kappa shape index (κ3) is 8.34. The van der Waals surface area contributed by atoms with Crippen molar-refractivity contribution < 1.29 is 9.53 Å². The number of amides is 1. The highest BCUT2D eigenvalue weighted by atomic mass is 35.5. The predicted octanol–water partition coefficient (Wildman–Crippen LogP) is 8.21. The van der Waals surface area contributed by atoms with Crippen LogP contribution in [-0.2, 0) is 13.0 Å². The number of hydrogen-bond acceptors (Lipinski definition) is 3. The Morgan fingerprint density at radius 3 is 2.59 bits per heavy atom. The summed E-state index contributed by atoms with van der Waals surface area (Å²) < 4.78 is 8.38. The molecule has 0 aliphatic rings. The number of imidazole rings is 1. The number of rotatable bonds is 15. The molecule has 0 saturated carbocycles. The zero-order chi connectivity index (χ0) is 27.5. The van der Waals surface area contributed by atoms with Gasteiger partial charge in [-0.1, -0.05) is 62.2 Å². The number of carbonyl (C=O) groups excluding carboxylic acids is 1. The summed E-state index contributed by atoms with van der Waals surface area (Å²) in [5.41, 5.74) is 4.22. The lowest BCUT2D eigenvalue weighted by Crippen LogP contribution is -2.24. The van der Waals surface area contributed by atoms with Gasteiger partial charge in [-0.15, -0.1) is 0 Å². The van der Waals surface area contributed by atoms with Crippen LogP contribution in [0.1, 0.15) is 80.0 Å². The highest BCUT2D eigenvalue weighted by molar-refractivity contribution is 6.30. The Hall–Kier alpha value is -3.31. The topological polar surface area (TPSA) is 56.1 Å². The molecule has 0 aliphatic heterocycles. The zero-order valence-electron chi connectivity index (χ0n) is 23.2. The molecule has 1 unspecified atom stereocenters. The van der Waals surface area contributed by atoms with E-state index in [2.05, 4.69) is 66.2 Å². The molecule has 0 bridgehead atoms. The Kier molecular flexibility index (Phi) is 10.8. The highest BCUT2D eigenvalue weighted by Crippen LogP contribution is 2.22. The molecule has 3 aromatic carbocycles. The van der Waals surface area contributed by atoms with Gasteiger partial charge in [0, 0.05) is 30.1 Å². The smallest absolute Gasteiger partial charge is 0.251 e. The zero-order valence-corrected chi connectivity index (χ0v) is 23.9. The van der Waals surface area contributed by atoms with Crippen LogP contribution in [0, 0.1) is 0 Å². The van der Waals surface area contributed by atoms with Crippen molar-refractivity contribution in [2.24, 2.45) is 0 Å². The van der Waals surface area contributed by atoms with Crippen molar-refractivity contribution in [1.82, 2.24) is 14.9 Å². The quantitative estimate of drug-likeness (QED) is 0.153. The van der Waals surface area contributed by atoms with Gasteiger partial charge in [0.15, 0.2) is 0 Å². The number of ether oxygens (including phenoxy) is 1. The Morgan fingerprint density at radius 1 is 0.974 bits per heavy atom. The number of benzene rings is 3. The first-order valence-corrected chi connectivity index (χ1v) is 14.6. The van der Waals surface area contributed by atoms with Crippen molar-refractivity contribution in [2.75, 3.05) is 13.2 Å². The number of aromatic nitrogens is 2. The van der Waals surface area contributed by atoms with Crippen molar-refractivity contribution >= 4 is 28.5 Å². The number of nitrogens with one attached hydrogen (secondary N) is 1. The summed E-state index contributed by atoms with van der Waals surface area (Å²) in [7, 11) is 0. The highest BCUT2D eigenvalue weighted by Gasteiger charge is 2.11. The molecule has 0 radical (unpaired) electrons. The van der Waals surface area contributed by atoms with Gasteiger partial charge in [-0.25, -0.2) is 4.98 Å². The monoisotopic (exact) mass is 545 g/mol. The Morgan fingerprint density at radius 2 is 1.79 bits per heavy atom. The van der Waals surface area contributed by atoms with Crippen LogP contribution in [0.3, 0.4) is 0 Å². The lowest BCUT2D eigenvalue weighted by molar-refractivity contribution is 0.0953. The van der Waals surface area contributed by atoms with Crippen molar-refractivity contribution in [3.63, 3.8) is 0 Å². The summed E-state index contributed by atoms with van der Waals surface area (Å²) in [6, 6.07) is 24.0. The Labute approximate surface area is 237 Å². The minimum Gasteiger partial charge on any atom is -0.494 e. The molecule has 0 spiro atoms. The van der Waals surface area contributed by atoms with Crippen LogP contribution in [0.25, 0.3) is 11.0 Å². The number of fused-ring (bicyclic) bond motifs is 1. The molecule has 1 N–H and O–H groups in total. The van der Waals surface area contributed by atoms with Crippen LogP contribution >= 0.6 is 11.6 Å². The van der Waals surface area contributed by atoms with E-state index in [4.69, 9.17) is 21.3 Å². The third-order valence-electron chi connectivity index (χ3n) is 7.29. The SMILES string of the molecule is CCC(C)c1ccc(OCCCCn2c(CCCCCNC(=O)c3cccc(Cl)c3)nc3ccccc32)cc1. The summed E-state index contributed by atoms with van der Waals surface area (Å²) in [5, 5.41) is 3.56. The van der Waals surface area contributed by atoms with Gasteiger partial charge in [-0.3, -0.25) is 4.79 Å². The van der Waals surface area contributed by atoms with E-state index in [0.717, 1.165) is 68.6 Å². The maximum atomic E-state index is 12.3. The van der Waals surface area contributed by atoms with Crippen molar-refractivity contribution in [1.29, 1.82) is 0 Å². The van der Waals surface area contributed by atoms with E-state index in [1.54, 1.807) is 24.3 Å². The summed E-state index contributed by atoms with van der Waals surface area (Å²) in [6.07, 6.45) is 7.10. The first-order valence-electron chi connectivity index (χ1n) is 14.3. The van der Waals surface area contributed by atoms with E-state index in [1.807, 2.05) is 6.07 Å². The summed E-state index contributed by atoms with van der Waals surface area (Å²) in [4.78, 5) is 17.2. The second kappa shape index (κ2) is 14.7. The third-order valence-corrected chi connectivity index (χ3v) is 7.52. The van der Waals surface area contributed by atoms with E-state index in [9.17, 15) is 4.79 Å². The summed E-state index contributed by atoms with van der Waals surface area (Å²) in [5.74, 6) is 2.59. The number of para-hydroxylation sites is 2. The molecule has 1 amide bonds. The fraction of sp³-hybridized carbons (Fsp3) is 0.394. The van der Waals surface area contributed by atoms with Crippen LogP contribution in [0.5, 0.6) is 5.75 Å². The van der Waals surface area contributed by atoms with Gasteiger partial charge in [0.25, 0.3) is 5.91 Å². The van der Waals surface area contributed by atoms with E-state index in [0.29, 0.717) is 29.7 Å². The van der Waals surface area contributed by atoms with Crippen molar-refractivity contribution in [2.45, 2.75) is 71.3 Å². The predicted molar refractivity (Wildman–Crippen MR) is 161 cm³/mol. The largest absolute Gasteiger partial charge is 0.494 e. The Balaban J connectivity index is 1.20. The second-order valence-corrected chi connectivity index (χ2v) is 10.6. The van der Waals surface area contributed by atoms with Gasteiger partial charge in [-0.2, -0.15) is 0 Å². The van der Waals surface area contributed by atoms with E-state index in [1.165, 1.54) is 11.1 Å². The van der Waals surface area contributed by atoms with E-state index < -0.39 is 0 Å². The van der Waals surface area contributed by atoms with Gasteiger partial charge in [-0.05, 0) is 86.1 Å². The normalized spacial score (nSPS) is 12.0. The van der Waals surface area contributed by atoms with Crippen LogP contribution < -0.4 is 10.1 Å². The van der Waals surface area contributed by atoms with Gasteiger partial charge >= 0.3 is 0 Å². The van der Waals surface area contributed by atoms with Crippen molar-refractivity contribution in [3.8, 4) is 5.75 Å². The minimum absolute atomic E-state index is 0.0774. The fourth-order valence-corrected chi connectivity index (χ4v) is 4.96. The lowest BCUT2D eigenvalue weighted by Gasteiger charge is -2.12. The molecule has 4 rings (SSSR count). The maximum Gasteiger partial charge on any atom is 0.251 e. The van der Waals surface area contributed by atoms with Gasteiger partial charge < -0.3 is 14.6 Å². The number of unbranched alkanes of at least 4 members (excludes halogenated alkanes) is 3. The number of carbonyl (C=O) groups is 1. The van der Waals surface area contributed by atoms with Crippen LogP contribution in [0.4, 0.5) is 0 Å². The first kappa shape index (κ1) is 28.7. The molecule has 0 fully saturated rings. The molecular formula is C33H40ClN3O2. The summed E-state index contributed by atoms with van der Waals surface area (Å²) in [6.45, 7) is 6.78. The average Bonchev–Trinajstić information content (AvgIpc) is 3.31.